The van der Waals surface area contributed by atoms with Crippen LogP contribution in [0, 0.1) is 0 Å². The number of fused-ring (bicyclic) bond motifs is 1. The highest BCUT2D eigenvalue weighted by molar-refractivity contribution is 5.87. The van der Waals surface area contributed by atoms with Crippen LogP contribution in [0.2, 0.25) is 0 Å². The van der Waals surface area contributed by atoms with Crippen LogP contribution in [0.3, 0.4) is 0 Å². The van der Waals surface area contributed by atoms with Crippen molar-refractivity contribution in [2.45, 2.75) is 0 Å². The standard InChI is InChI=1S/C15H12N2O2/c1-19-14-13(16-9-17-15(14)18)12-7-6-10-4-2-3-5-11(10)8-12/h2-9H,1H3,(H,16,17,18). The van der Waals surface area contributed by atoms with Crippen LogP contribution in [-0.2, 0) is 0 Å². The average Bonchev–Trinajstić information content (AvgIpc) is 2.46. The minimum absolute atomic E-state index is 0.234. The van der Waals surface area contributed by atoms with E-state index < -0.39 is 0 Å². The Morgan fingerprint density at radius 2 is 1.89 bits per heavy atom. The van der Waals surface area contributed by atoms with Crippen molar-refractivity contribution in [3.05, 3.63) is 59.1 Å². The van der Waals surface area contributed by atoms with Gasteiger partial charge in [0.05, 0.1) is 13.4 Å². The number of ether oxygens (including phenoxy) is 1. The number of hydrogen-bond donors (Lipinski definition) is 1. The lowest BCUT2D eigenvalue weighted by Gasteiger charge is -2.07. The van der Waals surface area contributed by atoms with Crippen molar-refractivity contribution in [1.29, 1.82) is 0 Å². The first kappa shape index (κ1) is 11.5. The van der Waals surface area contributed by atoms with Gasteiger partial charge in [0, 0.05) is 5.56 Å². The molecule has 19 heavy (non-hydrogen) atoms. The van der Waals surface area contributed by atoms with E-state index in [1.54, 1.807) is 0 Å². The van der Waals surface area contributed by atoms with Crippen molar-refractivity contribution < 1.29 is 4.74 Å². The van der Waals surface area contributed by atoms with E-state index in [2.05, 4.69) is 9.97 Å². The van der Waals surface area contributed by atoms with Gasteiger partial charge in [0.2, 0.25) is 5.75 Å². The Labute approximate surface area is 109 Å². The maximum Gasteiger partial charge on any atom is 0.293 e. The minimum atomic E-state index is -0.277. The Kier molecular flexibility index (Phi) is 2.76. The molecule has 0 amide bonds. The molecular formula is C15H12N2O2. The van der Waals surface area contributed by atoms with Gasteiger partial charge in [-0.2, -0.15) is 0 Å². The van der Waals surface area contributed by atoms with Gasteiger partial charge in [-0.1, -0.05) is 36.4 Å². The third kappa shape index (κ3) is 1.97. The lowest BCUT2D eigenvalue weighted by molar-refractivity contribution is 0.408. The van der Waals surface area contributed by atoms with Crippen molar-refractivity contribution in [2.24, 2.45) is 0 Å². The molecule has 3 rings (SSSR count). The predicted molar refractivity (Wildman–Crippen MR) is 74.4 cm³/mol. The number of methoxy groups -OCH3 is 1. The summed E-state index contributed by atoms with van der Waals surface area (Å²) >= 11 is 0. The number of aromatic nitrogens is 2. The van der Waals surface area contributed by atoms with Crippen molar-refractivity contribution >= 4 is 10.8 Å². The number of rotatable bonds is 2. The van der Waals surface area contributed by atoms with Crippen molar-refractivity contribution in [3.63, 3.8) is 0 Å². The van der Waals surface area contributed by atoms with Gasteiger partial charge in [0.1, 0.15) is 5.69 Å². The van der Waals surface area contributed by atoms with Gasteiger partial charge in [-0.3, -0.25) is 4.79 Å². The largest absolute Gasteiger partial charge is 0.490 e. The van der Waals surface area contributed by atoms with Crippen LogP contribution in [0.1, 0.15) is 0 Å². The van der Waals surface area contributed by atoms with Gasteiger partial charge in [-0.15, -0.1) is 0 Å². The van der Waals surface area contributed by atoms with Gasteiger partial charge in [0.15, 0.2) is 0 Å². The van der Waals surface area contributed by atoms with Gasteiger partial charge in [-0.25, -0.2) is 4.98 Å². The normalized spacial score (nSPS) is 10.6. The van der Waals surface area contributed by atoms with E-state index in [1.807, 2.05) is 42.5 Å². The number of nitrogens with zero attached hydrogens (tertiary/aromatic N) is 1. The minimum Gasteiger partial charge on any atom is -0.490 e. The molecule has 1 heterocycles. The average molecular weight is 252 g/mol. The number of H-pyrrole nitrogens is 1. The second-order valence-corrected chi connectivity index (χ2v) is 4.18. The van der Waals surface area contributed by atoms with E-state index in [0.29, 0.717) is 5.69 Å². The summed E-state index contributed by atoms with van der Waals surface area (Å²) in [6, 6.07) is 14.0. The van der Waals surface area contributed by atoms with Crippen molar-refractivity contribution in [3.8, 4) is 17.0 Å². The Morgan fingerprint density at radius 1 is 1.11 bits per heavy atom. The Balaban J connectivity index is 2.25. The monoisotopic (exact) mass is 252 g/mol. The maximum absolute atomic E-state index is 11.7. The van der Waals surface area contributed by atoms with Crippen LogP contribution < -0.4 is 10.3 Å². The molecule has 4 heteroatoms. The third-order valence-electron chi connectivity index (χ3n) is 3.04. The summed E-state index contributed by atoms with van der Waals surface area (Å²) in [6.07, 6.45) is 1.38. The molecule has 0 unspecified atom stereocenters. The van der Waals surface area contributed by atoms with E-state index in [1.165, 1.54) is 13.4 Å². The smallest absolute Gasteiger partial charge is 0.293 e. The summed E-state index contributed by atoms with van der Waals surface area (Å²) in [7, 11) is 1.47. The first-order valence-corrected chi connectivity index (χ1v) is 5.90. The highest BCUT2D eigenvalue weighted by Crippen LogP contribution is 2.27. The molecule has 0 spiro atoms. The summed E-state index contributed by atoms with van der Waals surface area (Å²) < 4.78 is 5.14. The molecule has 3 aromatic rings. The summed E-state index contributed by atoms with van der Waals surface area (Å²) in [5.74, 6) is 0.234. The predicted octanol–water partition coefficient (Wildman–Crippen LogP) is 2.60. The molecular weight excluding hydrogens is 240 g/mol. The maximum atomic E-state index is 11.7. The van der Waals surface area contributed by atoms with E-state index in [0.717, 1.165) is 16.3 Å². The molecule has 0 atom stereocenters. The summed E-state index contributed by atoms with van der Waals surface area (Å²) in [5, 5.41) is 2.25. The molecule has 2 aromatic carbocycles. The zero-order valence-corrected chi connectivity index (χ0v) is 10.4. The number of hydrogen-bond acceptors (Lipinski definition) is 3. The fourth-order valence-electron chi connectivity index (χ4n) is 2.12. The molecule has 1 N–H and O–H groups in total. The third-order valence-corrected chi connectivity index (χ3v) is 3.04. The van der Waals surface area contributed by atoms with Crippen LogP contribution in [0.15, 0.2) is 53.6 Å². The number of nitrogens with one attached hydrogen (secondary N) is 1. The highest BCUT2D eigenvalue weighted by Gasteiger charge is 2.11. The lowest BCUT2D eigenvalue weighted by Crippen LogP contribution is -2.11. The van der Waals surface area contributed by atoms with E-state index >= 15 is 0 Å². The van der Waals surface area contributed by atoms with Crippen LogP contribution >= 0.6 is 0 Å². The van der Waals surface area contributed by atoms with Gasteiger partial charge < -0.3 is 9.72 Å². The quantitative estimate of drug-likeness (QED) is 0.762. The van der Waals surface area contributed by atoms with Gasteiger partial charge in [0.25, 0.3) is 5.56 Å². The second-order valence-electron chi connectivity index (χ2n) is 4.18. The molecule has 0 aliphatic heterocycles. The fraction of sp³-hybridized carbons (Fsp3) is 0.0667. The first-order chi connectivity index (χ1) is 9.29. The van der Waals surface area contributed by atoms with Crippen LogP contribution in [0.25, 0.3) is 22.0 Å². The fourth-order valence-corrected chi connectivity index (χ4v) is 2.12. The van der Waals surface area contributed by atoms with Crippen molar-refractivity contribution in [1.82, 2.24) is 9.97 Å². The number of benzene rings is 2. The van der Waals surface area contributed by atoms with E-state index in [9.17, 15) is 4.79 Å². The zero-order valence-electron chi connectivity index (χ0n) is 10.4. The Morgan fingerprint density at radius 3 is 2.68 bits per heavy atom. The second kappa shape index (κ2) is 4.57. The van der Waals surface area contributed by atoms with Crippen molar-refractivity contribution in [2.75, 3.05) is 7.11 Å². The van der Waals surface area contributed by atoms with Crippen LogP contribution in [0.5, 0.6) is 5.75 Å². The molecule has 0 saturated heterocycles. The zero-order chi connectivity index (χ0) is 13.2. The van der Waals surface area contributed by atoms with E-state index in [4.69, 9.17) is 4.74 Å². The molecule has 0 radical (unpaired) electrons. The van der Waals surface area contributed by atoms with Gasteiger partial charge >= 0.3 is 0 Å². The van der Waals surface area contributed by atoms with E-state index in [-0.39, 0.29) is 11.3 Å². The topological polar surface area (TPSA) is 55.0 Å². The summed E-state index contributed by atoms with van der Waals surface area (Å²) in [6.45, 7) is 0. The molecule has 94 valence electrons. The highest BCUT2D eigenvalue weighted by atomic mass is 16.5. The van der Waals surface area contributed by atoms with Crippen LogP contribution in [0.4, 0.5) is 0 Å². The molecule has 4 nitrogen and oxygen atoms in total. The Bertz CT molecular complexity index is 793. The molecule has 0 bridgehead atoms. The molecule has 0 fully saturated rings. The molecule has 0 saturated carbocycles. The van der Waals surface area contributed by atoms with Gasteiger partial charge in [-0.05, 0) is 16.8 Å². The molecule has 0 aliphatic carbocycles. The molecule has 1 aromatic heterocycles. The summed E-state index contributed by atoms with van der Waals surface area (Å²) in [4.78, 5) is 18.4. The molecule has 0 aliphatic rings. The lowest BCUT2D eigenvalue weighted by atomic mass is 10.0. The van der Waals surface area contributed by atoms with Crippen LogP contribution in [-0.4, -0.2) is 17.1 Å². The SMILES string of the molecule is COc1c(-c2ccc3ccccc3c2)nc[nH]c1=O. The number of aromatic amines is 1. The Hall–Kier alpha value is -2.62. The first-order valence-electron chi connectivity index (χ1n) is 5.90. The summed E-state index contributed by atoms with van der Waals surface area (Å²) in [5.41, 5.74) is 1.14.